The number of carbonyl (C=O) groups is 2. The molecule has 3 heterocycles. The van der Waals surface area contributed by atoms with Crippen LogP contribution in [0.3, 0.4) is 0 Å². The normalized spacial score (nSPS) is 21.7. The lowest BCUT2D eigenvalue weighted by atomic mass is 9.94. The van der Waals surface area contributed by atoms with Crippen LogP contribution in [0.25, 0.3) is 0 Å². The van der Waals surface area contributed by atoms with Crippen molar-refractivity contribution >= 4 is 28.2 Å². The zero-order chi connectivity index (χ0) is 22.5. The number of carbonyl (C=O) groups excluding carboxylic acids is 2. The minimum Gasteiger partial charge on any atom is -0.342 e. The van der Waals surface area contributed by atoms with Crippen LogP contribution in [0.15, 0.2) is 0 Å². The molecule has 4 rings (SSSR count). The topological polar surface area (TPSA) is 76.4 Å². The molecule has 1 aromatic heterocycles. The third-order valence-electron chi connectivity index (χ3n) is 7.49. The second-order valence-corrected chi connectivity index (χ2v) is 10.7. The van der Waals surface area contributed by atoms with Gasteiger partial charge in [0.1, 0.15) is 11.1 Å². The number of likely N-dealkylation sites (tertiary alicyclic amines) is 2. The largest absolute Gasteiger partial charge is 0.342 e. The number of aryl methyl sites for hydroxylation is 1. The lowest BCUT2D eigenvalue weighted by Crippen LogP contribution is -2.48. The van der Waals surface area contributed by atoms with Crippen LogP contribution < -0.4 is 5.32 Å². The first-order valence-electron chi connectivity index (χ1n) is 12.5. The summed E-state index contributed by atoms with van der Waals surface area (Å²) < 4.78 is 0. The Hall–Kier alpha value is -1.91. The average Bonchev–Trinajstić information content (AvgIpc) is 3.03. The SMILES string of the molecule is CC(C(=O)Nc1sc2c(c1C#N)CCCCC2)N1CCC(C(=O)N2CCCCCC2)CC1. The lowest BCUT2D eigenvalue weighted by molar-refractivity contribution is -0.137. The first-order valence-corrected chi connectivity index (χ1v) is 13.3. The maximum Gasteiger partial charge on any atom is 0.242 e. The van der Waals surface area contributed by atoms with Crippen molar-refractivity contribution in [2.45, 2.75) is 83.6 Å². The van der Waals surface area contributed by atoms with E-state index in [1.165, 1.54) is 24.1 Å². The number of hydrogen-bond acceptors (Lipinski definition) is 5. The third-order valence-corrected chi connectivity index (χ3v) is 8.70. The van der Waals surface area contributed by atoms with E-state index in [1.54, 1.807) is 11.3 Å². The maximum absolute atomic E-state index is 13.0. The molecule has 0 radical (unpaired) electrons. The van der Waals surface area contributed by atoms with Crippen molar-refractivity contribution in [1.29, 1.82) is 5.26 Å². The van der Waals surface area contributed by atoms with E-state index in [4.69, 9.17) is 0 Å². The average molecular weight is 457 g/mol. The highest BCUT2D eigenvalue weighted by Crippen LogP contribution is 2.37. The minimum atomic E-state index is -0.266. The molecule has 0 saturated carbocycles. The van der Waals surface area contributed by atoms with Gasteiger partial charge in [0, 0.05) is 23.9 Å². The van der Waals surface area contributed by atoms with E-state index in [2.05, 4.69) is 21.2 Å². The van der Waals surface area contributed by atoms with Gasteiger partial charge in [0.25, 0.3) is 0 Å². The number of hydrogen-bond donors (Lipinski definition) is 1. The quantitative estimate of drug-likeness (QED) is 0.684. The van der Waals surface area contributed by atoms with Crippen molar-refractivity contribution in [3.05, 3.63) is 16.0 Å². The van der Waals surface area contributed by atoms with Gasteiger partial charge in [-0.25, -0.2) is 0 Å². The number of piperidine rings is 1. The molecule has 1 atom stereocenters. The fourth-order valence-corrected chi connectivity index (χ4v) is 6.66. The zero-order valence-electron chi connectivity index (χ0n) is 19.3. The Morgan fingerprint density at radius 1 is 1.00 bits per heavy atom. The first kappa shape index (κ1) is 23.3. The van der Waals surface area contributed by atoms with Gasteiger partial charge in [0.15, 0.2) is 0 Å². The molecule has 3 aliphatic rings. The summed E-state index contributed by atoms with van der Waals surface area (Å²) in [5.74, 6) is 0.371. The van der Waals surface area contributed by atoms with Crippen LogP contribution in [0, 0.1) is 17.2 Å². The monoisotopic (exact) mass is 456 g/mol. The predicted molar refractivity (Wildman–Crippen MR) is 128 cm³/mol. The van der Waals surface area contributed by atoms with Gasteiger partial charge in [-0.05, 0) is 76.9 Å². The summed E-state index contributed by atoms with van der Waals surface area (Å²) in [6.07, 6.45) is 11.8. The van der Waals surface area contributed by atoms with Crippen LogP contribution in [0.5, 0.6) is 0 Å². The maximum atomic E-state index is 13.0. The molecule has 2 amide bonds. The smallest absolute Gasteiger partial charge is 0.242 e. The number of nitrogens with zero attached hydrogens (tertiary/aromatic N) is 3. The van der Waals surface area contributed by atoms with Crippen LogP contribution in [0.2, 0.25) is 0 Å². The molecule has 1 aromatic rings. The molecular formula is C25H36N4O2S. The zero-order valence-corrected chi connectivity index (χ0v) is 20.1. The number of nitriles is 1. The minimum absolute atomic E-state index is 0.0461. The van der Waals surface area contributed by atoms with Crippen molar-refractivity contribution in [1.82, 2.24) is 9.80 Å². The Morgan fingerprint density at radius 3 is 2.34 bits per heavy atom. The van der Waals surface area contributed by atoms with E-state index in [9.17, 15) is 14.9 Å². The highest BCUT2D eigenvalue weighted by molar-refractivity contribution is 7.16. The Bertz CT molecular complexity index is 858. The molecule has 1 unspecified atom stereocenters. The predicted octanol–water partition coefficient (Wildman–Crippen LogP) is 4.33. The van der Waals surface area contributed by atoms with E-state index in [0.29, 0.717) is 11.5 Å². The van der Waals surface area contributed by atoms with Gasteiger partial charge in [-0.3, -0.25) is 14.5 Å². The Balaban J connectivity index is 1.32. The number of nitrogens with one attached hydrogen (secondary N) is 1. The molecule has 6 nitrogen and oxygen atoms in total. The number of amides is 2. The fourth-order valence-electron chi connectivity index (χ4n) is 5.41. The number of thiophene rings is 1. The number of fused-ring (bicyclic) bond motifs is 1. The fraction of sp³-hybridized carbons (Fsp3) is 0.720. The van der Waals surface area contributed by atoms with Crippen LogP contribution in [0.1, 0.15) is 80.7 Å². The molecule has 2 fully saturated rings. The second kappa shape index (κ2) is 10.8. The van der Waals surface area contributed by atoms with Crippen molar-refractivity contribution in [3.63, 3.8) is 0 Å². The molecule has 174 valence electrons. The Kier molecular flexibility index (Phi) is 7.85. The van der Waals surface area contributed by atoms with Gasteiger partial charge in [-0.2, -0.15) is 5.26 Å². The first-order chi connectivity index (χ1) is 15.6. The van der Waals surface area contributed by atoms with Gasteiger partial charge in [0.2, 0.25) is 11.8 Å². The summed E-state index contributed by atoms with van der Waals surface area (Å²) in [7, 11) is 0. The van der Waals surface area contributed by atoms with E-state index >= 15 is 0 Å². The van der Waals surface area contributed by atoms with Gasteiger partial charge >= 0.3 is 0 Å². The summed E-state index contributed by atoms with van der Waals surface area (Å²) in [4.78, 5) is 31.5. The molecule has 2 saturated heterocycles. The number of anilines is 1. The molecule has 7 heteroatoms. The molecule has 0 bridgehead atoms. The molecule has 32 heavy (non-hydrogen) atoms. The van der Waals surface area contributed by atoms with E-state index in [0.717, 1.165) is 88.1 Å². The van der Waals surface area contributed by atoms with E-state index in [1.807, 2.05) is 6.92 Å². The summed E-state index contributed by atoms with van der Waals surface area (Å²) >= 11 is 1.59. The second-order valence-electron chi connectivity index (χ2n) is 9.60. The highest BCUT2D eigenvalue weighted by atomic mass is 32.1. The number of rotatable bonds is 4. The van der Waals surface area contributed by atoms with Crippen LogP contribution in [-0.2, 0) is 22.4 Å². The van der Waals surface area contributed by atoms with Gasteiger partial charge in [-0.15, -0.1) is 11.3 Å². The summed E-state index contributed by atoms with van der Waals surface area (Å²) in [5, 5.41) is 13.5. The molecule has 0 aromatic carbocycles. The van der Waals surface area contributed by atoms with E-state index < -0.39 is 0 Å². The van der Waals surface area contributed by atoms with Gasteiger partial charge in [-0.1, -0.05) is 19.3 Å². The summed E-state index contributed by atoms with van der Waals surface area (Å²) in [5.41, 5.74) is 1.83. The van der Waals surface area contributed by atoms with Gasteiger partial charge in [0.05, 0.1) is 11.6 Å². The molecule has 1 aliphatic carbocycles. The van der Waals surface area contributed by atoms with Crippen molar-refractivity contribution in [2.24, 2.45) is 5.92 Å². The molecule has 0 spiro atoms. The van der Waals surface area contributed by atoms with Crippen LogP contribution >= 0.6 is 11.3 Å². The molecule has 2 aliphatic heterocycles. The standard InChI is InChI=1S/C25H36N4O2S/c1-18(23(30)27-24-21(17-26)20-9-5-4-6-10-22(20)32-24)28-15-11-19(12-16-28)25(31)29-13-7-2-3-8-14-29/h18-19H,2-16H2,1H3,(H,27,30). The van der Waals surface area contributed by atoms with Gasteiger partial charge < -0.3 is 10.2 Å². The third kappa shape index (κ3) is 5.18. The molecular weight excluding hydrogens is 420 g/mol. The van der Waals surface area contributed by atoms with Crippen LogP contribution in [0.4, 0.5) is 5.00 Å². The summed E-state index contributed by atoms with van der Waals surface area (Å²) in [6.45, 7) is 5.29. The van der Waals surface area contributed by atoms with E-state index in [-0.39, 0.29) is 17.9 Å². The Morgan fingerprint density at radius 2 is 1.66 bits per heavy atom. The van der Waals surface area contributed by atoms with Crippen molar-refractivity contribution in [3.8, 4) is 6.07 Å². The Labute approximate surface area is 196 Å². The summed E-state index contributed by atoms with van der Waals surface area (Å²) in [6, 6.07) is 2.08. The highest BCUT2D eigenvalue weighted by Gasteiger charge is 2.32. The van der Waals surface area contributed by atoms with Crippen molar-refractivity contribution in [2.75, 3.05) is 31.5 Å². The molecule has 1 N–H and O–H groups in total. The van der Waals surface area contributed by atoms with Crippen molar-refractivity contribution < 1.29 is 9.59 Å². The lowest BCUT2D eigenvalue weighted by Gasteiger charge is -2.36. The van der Waals surface area contributed by atoms with Crippen LogP contribution in [-0.4, -0.2) is 53.8 Å².